The Morgan fingerprint density at radius 3 is 2.14 bits per heavy atom. The van der Waals surface area contributed by atoms with Gasteiger partial charge in [0.25, 0.3) is 0 Å². The molecule has 0 spiro atoms. The Balaban J connectivity index is 1.25. The van der Waals surface area contributed by atoms with Crippen LogP contribution in [0, 0.1) is 5.92 Å². The van der Waals surface area contributed by atoms with Crippen LogP contribution < -0.4 is 20.9 Å². The number of piperidine rings is 1. The van der Waals surface area contributed by atoms with Crippen LogP contribution in [0.5, 0.6) is 0 Å². The molecule has 4 amide bonds. The molecule has 1 atom stereocenters. The van der Waals surface area contributed by atoms with E-state index in [2.05, 4.69) is 16.0 Å². The van der Waals surface area contributed by atoms with E-state index in [1.807, 2.05) is 53.4 Å². The number of alkyl halides is 3. The van der Waals surface area contributed by atoms with Crippen LogP contribution in [0.4, 0.5) is 35.0 Å². The van der Waals surface area contributed by atoms with Crippen molar-refractivity contribution in [2.45, 2.75) is 38.0 Å². The summed E-state index contributed by atoms with van der Waals surface area (Å²) in [7, 11) is 1.36. The Morgan fingerprint density at radius 1 is 1.00 bits per heavy atom. The smallest absolute Gasteiger partial charge is 0.372 e. The van der Waals surface area contributed by atoms with Crippen LogP contribution in [0.1, 0.15) is 24.8 Å². The van der Waals surface area contributed by atoms with Crippen molar-refractivity contribution in [3.63, 3.8) is 0 Å². The minimum Gasteiger partial charge on any atom is -0.372 e. The second-order valence-corrected chi connectivity index (χ2v) is 9.05. The summed E-state index contributed by atoms with van der Waals surface area (Å²) in [5, 5.41) is 8.50. The molecule has 2 aromatic carbocycles. The second-order valence-electron chi connectivity index (χ2n) is 9.05. The van der Waals surface area contributed by atoms with E-state index in [-0.39, 0.29) is 25.8 Å². The second kappa shape index (κ2) is 10.5. The molecule has 2 aliphatic heterocycles. The lowest BCUT2D eigenvalue weighted by Gasteiger charge is -2.34. The van der Waals surface area contributed by atoms with Crippen molar-refractivity contribution >= 4 is 34.9 Å². The lowest BCUT2D eigenvalue weighted by Crippen LogP contribution is -2.57. The van der Waals surface area contributed by atoms with E-state index < -0.39 is 36.0 Å². The van der Waals surface area contributed by atoms with E-state index in [0.717, 1.165) is 27.5 Å². The summed E-state index contributed by atoms with van der Waals surface area (Å²) < 4.78 is 38.6. The average Bonchev–Trinajstić information content (AvgIpc) is 2.86. The fourth-order valence-corrected chi connectivity index (χ4v) is 4.29. The van der Waals surface area contributed by atoms with Crippen LogP contribution in [0.25, 0.3) is 0 Å². The van der Waals surface area contributed by atoms with Gasteiger partial charge in [0.2, 0.25) is 11.8 Å². The number of anilines is 3. The van der Waals surface area contributed by atoms with Gasteiger partial charge in [-0.1, -0.05) is 12.1 Å². The molecule has 3 N–H and O–H groups in total. The highest BCUT2D eigenvalue weighted by Gasteiger charge is 2.41. The number of carbonyl (C=O) groups is 3. The summed E-state index contributed by atoms with van der Waals surface area (Å²) in [5.41, 5.74) is 3.41. The zero-order chi connectivity index (χ0) is 25.9. The number of imide groups is 1. The molecule has 2 aromatic rings. The normalized spacial score (nSPS) is 19.2. The first-order chi connectivity index (χ1) is 17.1. The Morgan fingerprint density at radius 2 is 1.58 bits per heavy atom. The third-order valence-electron chi connectivity index (χ3n) is 6.57. The quantitative estimate of drug-likeness (QED) is 0.558. The minimum atomic E-state index is -4.12. The molecule has 0 aromatic heterocycles. The van der Waals surface area contributed by atoms with E-state index in [1.54, 1.807) is 0 Å². The van der Waals surface area contributed by atoms with Gasteiger partial charge in [0.1, 0.15) is 6.04 Å². The molecule has 8 nitrogen and oxygen atoms in total. The van der Waals surface area contributed by atoms with Crippen molar-refractivity contribution < 1.29 is 27.6 Å². The maximum absolute atomic E-state index is 12.9. The highest BCUT2D eigenvalue weighted by atomic mass is 19.4. The number of nitrogens with one attached hydrogen (secondary N) is 3. The van der Waals surface area contributed by atoms with Crippen molar-refractivity contribution in [1.29, 1.82) is 0 Å². The molecular formula is C25H28F3N5O3. The van der Waals surface area contributed by atoms with E-state index in [1.165, 1.54) is 7.05 Å². The van der Waals surface area contributed by atoms with Gasteiger partial charge in [0, 0.05) is 43.7 Å². The number of carbonyl (C=O) groups excluding carboxylic acids is 3. The van der Waals surface area contributed by atoms with E-state index in [4.69, 9.17) is 0 Å². The summed E-state index contributed by atoms with van der Waals surface area (Å²) >= 11 is 0. The van der Waals surface area contributed by atoms with Crippen LogP contribution in [-0.2, 0) is 16.1 Å². The summed E-state index contributed by atoms with van der Waals surface area (Å²) in [6.07, 6.45) is -3.98. The predicted octanol–water partition coefficient (Wildman–Crippen LogP) is 3.77. The summed E-state index contributed by atoms with van der Waals surface area (Å²) in [6, 6.07) is 13.5. The molecule has 1 unspecified atom stereocenters. The van der Waals surface area contributed by atoms with Crippen LogP contribution in [0.3, 0.4) is 0 Å². The molecule has 192 valence electrons. The van der Waals surface area contributed by atoms with Gasteiger partial charge in [-0.3, -0.25) is 14.5 Å². The zero-order valence-electron chi connectivity index (χ0n) is 19.8. The number of hydrogen-bond donors (Lipinski definition) is 3. The highest BCUT2D eigenvalue weighted by Crippen LogP contribution is 2.35. The van der Waals surface area contributed by atoms with Gasteiger partial charge < -0.3 is 20.9 Å². The fourth-order valence-electron chi connectivity index (χ4n) is 4.29. The molecule has 2 aliphatic rings. The first kappa shape index (κ1) is 25.3. The van der Waals surface area contributed by atoms with E-state index in [0.29, 0.717) is 13.1 Å². The summed E-state index contributed by atoms with van der Waals surface area (Å²) in [4.78, 5) is 38.7. The molecule has 2 heterocycles. The summed E-state index contributed by atoms with van der Waals surface area (Å²) in [5.74, 6) is -2.05. The number of urea groups is 1. The first-order valence-electron chi connectivity index (χ1n) is 11.7. The molecule has 11 heteroatoms. The maximum Gasteiger partial charge on any atom is 0.391 e. The third-order valence-corrected chi connectivity index (χ3v) is 6.57. The minimum absolute atomic E-state index is 0.0818. The Kier molecular flexibility index (Phi) is 7.37. The van der Waals surface area contributed by atoms with Gasteiger partial charge in [0.15, 0.2) is 0 Å². The van der Waals surface area contributed by atoms with Crippen molar-refractivity contribution in [2.24, 2.45) is 5.92 Å². The Labute approximate surface area is 206 Å². The SMILES string of the molecule is CN1C(=O)CC(C(=O)NCc2ccc(Nc3ccc(N4CCC(C(F)(F)F)CC4)cc3)cc2)NC1=O. The number of amides is 4. The number of benzene rings is 2. The van der Waals surface area contributed by atoms with Gasteiger partial charge in [-0.05, 0) is 54.8 Å². The highest BCUT2D eigenvalue weighted by molar-refractivity contribution is 6.02. The summed E-state index contributed by atoms with van der Waals surface area (Å²) in [6.45, 7) is 1.01. The first-order valence-corrected chi connectivity index (χ1v) is 11.7. The topological polar surface area (TPSA) is 93.8 Å². The number of rotatable bonds is 6. The fraction of sp³-hybridized carbons (Fsp3) is 0.400. The number of nitrogens with zero attached hydrogens (tertiary/aromatic N) is 2. The molecule has 4 rings (SSSR count). The van der Waals surface area contributed by atoms with E-state index >= 15 is 0 Å². The van der Waals surface area contributed by atoms with Gasteiger partial charge in [-0.15, -0.1) is 0 Å². The van der Waals surface area contributed by atoms with Crippen molar-refractivity contribution in [1.82, 2.24) is 15.5 Å². The Bertz CT molecular complexity index is 1080. The van der Waals surface area contributed by atoms with Gasteiger partial charge in [-0.25, -0.2) is 4.79 Å². The largest absolute Gasteiger partial charge is 0.391 e. The molecule has 0 aliphatic carbocycles. The molecule has 2 saturated heterocycles. The predicted molar refractivity (Wildman–Crippen MR) is 129 cm³/mol. The van der Waals surface area contributed by atoms with Crippen molar-refractivity contribution in [3.8, 4) is 0 Å². The molecule has 0 radical (unpaired) electrons. The molecular weight excluding hydrogens is 475 g/mol. The number of hydrogen-bond acceptors (Lipinski definition) is 5. The number of halogens is 3. The zero-order valence-corrected chi connectivity index (χ0v) is 19.8. The standard InChI is InChI=1S/C25H28F3N5O3/c1-32-22(34)14-21(31-24(32)36)23(35)29-15-16-2-4-18(5-3-16)30-19-6-8-20(9-7-19)33-12-10-17(11-13-33)25(26,27)28/h2-9,17,21,30H,10-15H2,1H3,(H,29,35)(H,31,36). The molecule has 0 saturated carbocycles. The van der Waals surface area contributed by atoms with Crippen LogP contribution in [0.2, 0.25) is 0 Å². The van der Waals surface area contributed by atoms with E-state index in [9.17, 15) is 27.6 Å². The van der Waals surface area contributed by atoms with Crippen molar-refractivity contribution in [2.75, 3.05) is 30.4 Å². The molecule has 2 fully saturated rings. The molecule has 0 bridgehead atoms. The van der Waals surface area contributed by atoms with Crippen LogP contribution in [-0.4, -0.2) is 55.1 Å². The van der Waals surface area contributed by atoms with Crippen LogP contribution >= 0.6 is 0 Å². The lowest BCUT2D eigenvalue weighted by atomic mass is 9.96. The van der Waals surface area contributed by atoms with Crippen LogP contribution in [0.15, 0.2) is 48.5 Å². The lowest BCUT2D eigenvalue weighted by molar-refractivity contribution is -0.179. The van der Waals surface area contributed by atoms with Gasteiger partial charge in [-0.2, -0.15) is 13.2 Å². The third kappa shape index (κ3) is 6.07. The monoisotopic (exact) mass is 503 g/mol. The van der Waals surface area contributed by atoms with Gasteiger partial charge >= 0.3 is 12.2 Å². The van der Waals surface area contributed by atoms with Crippen molar-refractivity contribution in [3.05, 3.63) is 54.1 Å². The maximum atomic E-state index is 12.9. The average molecular weight is 504 g/mol. The molecule has 36 heavy (non-hydrogen) atoms. The van der Waals surface area contributed by atoms with Gasteiger partial charge in [0.05, 0.1) is 12.3 Å². The Hall–Kier alpha value is -3.76.